The minimum absolute atomic E-state index is 0.0665. The Kier molecular flexibility index (Phi) is 18.3. The Labute approximate surface area is 390 Å². The predicted molar refractivity (Wildman–Crippen MR) is 249 cm³/mol. The van der Waals surface area contributed by atoms with Gasteiger partial charge in [-0.3, -0.25) is 38.4 Å². The minimum atomic E-state index is -0.355. The van der Waals surface area contributed by atoms with Gasteiger partial charge in [0.25, 0.3) is 0 Å². The molecule has 5 heterocycles. The van der Waals surface area contributed by atoms with Gasteiger partial charge in [0.15, 0.2) is 34.8 Å². The van der Waals surface area contributed by atoms with Crippen LogP contribution in [0.2, 0.25) is 0 Å². The number of aryl methyl sites for hydroxylation is 5. The van der Waals surface area contributed by atoms with Crippen LogP contribution >= 0.6 is 0 Å². The number of carbonyl (C=O) groups is 8. The van der Waals surface area contributed by atoms with E-state index in [2.05, 4.69) is 19.9 Å². The van der Waals surface area contributed by atoms with Gasteiger partial charge < -0.3 is 33.5 Å². The van der Waals surface area contributed by atoms with E-state index in [-0.39, 0.29) is 128 Å². The molecule has 18 nitrogen and oxygen atoms in total. The third-order valence-electron chi connectivity index (χ3n) is 11.5. The van der Waals surface area contributed by atoms with Crippen molar-refractivity contribution in [2.45, 2.75) is 96.3 Å². The quantitative estimate of drug-likeness (QED) is 0.0506. The summed E-state index contributed by atoms with van der Waals surface area (Å²) in [5.74, 6) is -0.698. The van der Waals surface area contributed by atoms with E-state index in [0.29, 0.717) is 65.3 Å². The molecule has 2 N–H and O–H groups in total. The summed E-state index contributed by atoms with van der Waals surface area (Å²) in [5, 5.41) is 0. The molecule has 0 fully saturated rings. The Morgan fingerprint density at radius 1 is 0.448 bits per heavy atom. The summed E-state index contributed by atoms with van der Waals surface area (Å²) in [4.78, 5) is 118. The second kappa shape index (κ2) is 23.8. The molecule has 0 saturated carbocycles. The molecule has 0 aliphatic rings. The molecular weight excluding hydrogens is 857 g/mol. The Bertz CT molecular complexity index is 2630. The van der Waals surface area contributed by atoms with Gasteiger partial charge in [-0.2, -0.15) is 0 Å². The normalized spacial score (nSPS) is 11.4. The number of rotatable bonds is 30. The Morgan fingerprint density at radius 3 is 1.40 bits per heavy atom. The highest BCUT2D eigenvalue weighted by Crippen LogP contribution is 2.19. The molecule has 5 rings (SSSR count). The van der Waals surface area contributed by atoms with Gasteiger partial charge in [-0.25, -0.2) is 15.0 Å². The molecule has 5 aromatic rings. The van der Waals surface area contributed by atoms with Crippen LogP contribution in [0.4, 0.5) is 0 Å². The molecule has 5 aromatic heterocycles. The molecule has 0 aliphatic heterocycles. The van der Waals surface area contributed by atoms with Gasteiger partial charge in [0.05, 0.1) is 47.7 Å². The number of unbranched alkanes of at least 4 members (excludes halogenated alkanes) is 1. The van der Waals surface area contributed by atoms with Crippen LogP contribution < -0.4 is 5.73 Å². The molecule has 0 aliphatic carbocycles. The lowest BCUT2D eigenvalue weighted by molar-refractivity contribution is -0.119. The van der Waals surface area contributed by atoms with Crippen molar-refractivity contribution in [1.29, 1.82) is 0 Å². The highest BCUT2D eigenvalue weighted by Gasteiger charge is 2.23. The second-order valence-electron chi connectivity index (χ2n) is 17.8. The Morgan fingerprint density at radius 2 is 0.881 bits per heavy atom. The number of nitrogens with two attached hydrogens (primary N) is 1. The summed E-state index contributed by atoms with van der Waals surface area (Å²) >= 11 is 0. The van der Waals surface area contributed by atoms with Crippen LogP contribution in [0.15, 0.2) is 43.1 Å². The van der Waals surface area contributed by atoms with Crippen molar-refractivity contribution in [2.75, 3.05) is 27.2 Å². The monoisotopic (exact) mass is 920 g/mol. The van der Waals surface area contributed by atoms with Crippen molar-refractivity contribution in [3.8, 4) is 0 Å². The molecule has 0 bridgehead atoms. The van der Waals surface area contributed by atoms with E-state index in [9.17, 15) is 38.4 Å². The van der Waals surface area contributed by atoms with Gasteiger partial charge in [0.1, 0.15) is 17.3 Å². The number of hydrogen-bond donors (Lipinski definition) is 1. The molecule has 0 aromatic carbocycles. The van der Waals surface area contributed by atoms with E-state index >= 15 is 0 Å². The first-order chi connectivity index (χ1) is 31.8. The highest BCUT2D eigenvalue weighted by atomic mass is 16.2. The minimum Gasteiger partial charge on any atom is -0.348 e. The maximum atomic E-state index is 13.4. The van der Waals surface area contributed by atoms with Gasteiger partial charge in [0, 0.05) is 118 Å². The first-order valence-corrected chi connectivity index (χ1v) is 22.7. The van der Waals surface area contributed by atoms with Crippen LogP contribution in [-0.2, 0) is 81.7 Å². The van der Waals surface area contributed by atoms with E-state index in [1.165, 1.54) is 4.57 Å². The maximum absolute atomic E-state index is 13.4. The van der Waals surface area contributed by atoms with E-state index in [1.807, 2.05) is 14.1 Å². The summed E-state index contributed by atoms with van der Waals surface area (Å²) < 4.78 is 8.06. The molecule has 0 radical (unpaired) electrons. The Balaban J connectivity index is 1.05. The lowest BCUT2D eigenvalue weighted by Gasteiger charge is -2.08. The van der Waals surface area contributed by atoms with Crippen molar-refractivity contribution >= 4 is 46.3 Å². The zero-order valence-electron chi connectivity index (χ0n) is 39.9. The zero-order valence-corrected chi connectivity index (χ0v) is 39.9. The molecule has 0 atom stereocenters. The van der Waals surface area contributed by atoms with Crippen molar-refractivity contribution < 1.29 is 38.4 Å². The van der Waals surface area contributed by atoms with E-state index in [1.54, 1.807) is 96.6 Å². The van der Waals surface area contributed by atoms with Crippen molar-refractivity contribution in [3.05, 3.63) is 100 Å². The van der Waals surface area contributed by atoms with Gasteiger partial charge in [0.2, 0.25) is 11.6 Å². The van der Waals surface area contributed by atoms with Crippen molar-refractivity contribution in [3.63, 3.8) is 0 Å². The number of nitrogens with zero attached hydrogens (tertiary/aromatic N) is 9. The number of Topliss-reactive ketones (excluding diaryl/α,β-unsaturated/α-hetero) is 8. The van der Waals surface area contributed by atoms with Crippen LogP contribution in [-0.4, -0.2) is 116 Å². The summed E-state index contributed by atoms with van der Waals surface area (Å²) in [6, 6.07) is 3.43. The summed E-state index contributed by atoms with van der Waals surface area (Å²) in [7, 11) is 12.5. The topological polar surface area (TPSA) is 229 Å². The standard InChI is InChI=1S/C49H64N10O8/c1-54(2)19-9-8-12-37(60)13-10-15-42(63)40-22-33(28-55(40)3)23-44(65)41-21-32(27-56(41)4)20-38(61)14-11-16-43(64)47-52-35(30-57(47)5)25-46(67)49-53-36(31-59(49)7)26-45(66)48-51-34(29-58(48)6)24-39(62)17-18-50/h21-22,27-31H,8-20,23-26,50H2,1-7H3. The summed E-state index contributed by atoms with van der Waals surface area (Å²) in [6.45, 7) is 1.18. The SMILES string of the molecule is CN(C)CCCCC(=O)CCCC(=O)c1cc(CC(=O)c2cc(CC(=O)CCCC(=O)c3nc(CC(=O)c4nc(CC(=O)c5nc(CC(=O)CCN)cn5C)cn4C)cn3C)cn2C)cn1C. The van der Waals surface area contributed by atoms with Crippen LogP contribution in [0, 0.1) is 0 Å². The third-order valence-corrected chi connectivity index (χ3v) is 11.5. The third kappa shape index (κ3) is 14.7. The number of imidazole rings is 3. The molecule has 358 valence electrons. The molecule has 0 spiro atoms. The highest BCUT2D eigenvalue weighted by molar-refractivity contribution is 5.99. The average Bonchev–Trinajstić information content (AvgIpc) is 4.07. The molecule has 0 saturated heterocycles. The molecule has 67 heavy (non-hydrogen) atoms. The van der Waals surface area contributed by atoms with Gasteiger partial charge in [-0.05, 0) is 76.1 Å². The summed E-state index contributed by atoms with van der Waals surface area (Å²) in [6.07, 6.45) is 12.6. The van der Waals surface area contributed by atoms with Gasteiger partial charge >= 0.3 is 0 Å². The fourth-order valence-corrected chi connectivity index (χ4v) is 8.17. The number of ketones is 8. The van der Waals surface area contributed by atoms with Crippen LogP contribution in [0.25, 0.3) is 0 Å². The van der Waals surface area contributed by atoms with Gasteiger partial charge in [-0.15, -0.1) is 0 Å². The summed E-state index contributed by atoms with van der Waals surface area (Å²) in [5.41, 5.74) is 8.99. The van der Waals surface area contributed by atoms with E-state index in [4.69, 9.17) is 5.73 Å². The lowest BCUT2D eigenvalue weighted by atomic mass is 10.0. The van der Waals surface area contributed by atoms with Crippen LogP contribution in [0.5, 0.6) is 0 Å². The molecule has 0 unspecified atom stereocenters. The Hall–Kier alpha value is -6.53. The van der Waals surface area contributed by atoms with E-state index < -0.39 is 0 Å². The van der Waals surface area contributed by atoms with Crippen molar-refractivity contribution in [2.24, 2.45) is 41.0 Å². The largest absolute Gasteiger partial charge is 0.348 e. The molecule has 18 heteroatoms. The first kappa shape index (κ1) is 51.5. The van der Waals surface area contributed by atoms with Crippen LogP contribution in [0.3, 0.4) is 0 Å². The molecular formula is C49H64N10O8. The predicted octanol–water partition coefficient (Wildman–Crippen LogP) is 4.12. The lowest BCUT2D eigenvalue weighted by Crippen LogP contribution is -2.13. The zero-order chi connectivity index (χ0) is 48.9. The smallest absolute Gasteiger partial charge is 0.204 e. The van der Waals surface area contributed by atoms with Gasteiger partial charge in [-0.1, -0.05) is 0 Å². The number of aromatic nitrogens is 8. The number of carbonyl (C=O) groups excluding carboxylic acids is 8. The molecule has 0 amide bonds. The van der Waals surface area contributed by atoms with Crippen LogP contribution in [0.1, 0.15) is 145 Å². The maximum Gasteiger partial charge on any atom is 0.204 e. The van der Waals surface area contributed by atoms with E-state index in [0.717, 1.165) is 19.4 Å². The fraction of sp³-hybridized carbons (Fsp3) is 0.490. The second-order valence-corrected chi connectivity index (χ2v) is 17.8. The number of hydrogen-bond acceptors (Lipinski definition) is 13. The first-order valence-electron chi connectivity index (χ1n) is 22.7. The average molecular weight is 921 g/mol. The fourth-order valence-electron chi connectivity index (χ4n) is 8.17. The van der Waals surface area contributed by atoms with Crippen molar-refractivity contribution in [1.82, 2.24) is 42.7 Å².